The molecule has 0 saturated carbocycles. The van der Waals surface area contributed by atoms with Gasteiger partial charge in [0.1, 0.15) is 0 Å². The minimum atomic E-state index is -0.314. The highest BCUT2D eigenvalue weighted by Gasteiger charge is 2.13. The van der Waals surface area contributed by atoms with Crippen molar-refractivity contribution in [1.29, 1.82) is 0 Å². The normalized spacial score (nSPS) is 10.2. The summed E-state index contributed by atoms with van der Waals surface area (Å²) in [6.45, 7) is 1.86. The van der Waals surface area contributed by atoms with Crippen molar-refractivity contribution >= 4 is 5.69 Å². The van der Waals surface area contributed by atoms with Crippen molar-refractivity contribution in [2.75, 3.05) is 0 Å². The lowest BCUT2D eigenvalue weighted by Gasteiger charge is -2.04. The molecule has 0 aliphatic heterocycles. The van der Waals surface area contributed by atoms with Crippen LogP contribution in [0, 0.1) is 17.0 Å². The Bertz CT molecular complexity index is 535. The molecule has 2 rings (SSSR count). The molecule has 0 bridgehead atoms. The molecule has 0 aromatic heterocycles. The lowest BCUT2D eigenvalue weighted by Crippen LogP contribution is -1.97. The third-order valence-electron chi connectivity index (χ3n) is 2.67. The van der Waals surface area contributed by atoms with E-state index in [2.05, 4.69) is 0 Å². The van der Waals surface area contributed by atoms with E-state index in [-0.39, 0.29) is 10.6 Å². The van der Waals surface area contributed by atoms with Gasteiger partial charge in [0, 0.05) is 18.1 Å². The summed E-state index contributed by atoms with van der Waals surface area (Å²) in [4.78, 5) is 10.7. The molecule has 86 valence electrons. The number of benzene rings is 2. The maximum Gasteiger partial charge on any atom is 0.273 e. The van der Waals surface area contributed by atoms with Crippen LogP contribution in [0.4, 0.5) is 5.69 Å². The van der Waals surface area contributed by atoms with Crippen LogP contribution in [0.15, 0.2) is 48.5 Å². The number of hydrogen-bond acceptors (Lipinski definition) is 2. The summed E-state index contributed by atoms with van der Waals surface area (Å²) >= 11 is 0. The first kappa shape index (κ1) is 11.3. The zero-order valence-corrected chi connectivity index (χ0v) is 9.59. The van der Waals surface area contributed by atoms with E-state index in [0.29, 0.717) is 6.42 Å². The van der Waals surface area contributed by atoms with Crippen LogP contribution in [-0.2, 0) is 6.42 Å². The average molecular weight is 227 g/mol. The molecular weight excluding hydrogens is 214 g/mol. The molecular formula is C14H13NO2. The van der Waals surface area contributed by atoms with E-state index >= 15 is 0 Å². The van der Waals surface area contributed by atoms with Gasteiger partial charge in [-0.25, -0.2) is 0 Å². The first-order valence-corrected chi connectivity index (χ1v) is 5.44. The van der Waals surface area contributed by atoms with E-state index < -0.39 is 0 Å². The van der Waals surface area contributed by atoms with Crippen LogP contribution in [0.2, 0.25) is 0 Å². The number of aryl methyl sites for hydroxylation is 1. The Labute approximate surface area is 99.9 Å². The van der Waals surface area contributed by atoms with Crippen molar-refractivity contribution in [3.8, 4) is 0 Å². The van der Waals surface area contributed by atoms with Gasteiger partial charge in [0.2, 0.25) is 0 Å². The minimum absolute atomic E-state index is 0.203. The number of nitro groups is 1. The minimum Gasteiger partial charge on any atom is -0.258 e. The molecule has 0 unspecified atom stereocenters. The van der Waals surface area contributed by atoms with Gasteiger partial charge in [-0.3, -0.25) is 10.1 Å². The van der Waals surface area contributed by atoms with E-state index in [4.69, 9.17) is 0 Å². The molecule has 0 N–H and O–H groups in total. The van der Waals surface area contributed by atoms with Crippen LogP contribution in [0.5, 0.6) is 0 Å². The maximum absolute atomic E-state index is 11.0. The van der Waals surface area contributed by atoms with E-state index in [1.165, 1.54) is 0 Å². The Hall–Kier alpha value is -2.16. The molecule has 3 heteroatoms. The predicted octanol–water partition coefficient (Wildman–Crippen LogP) is 3.49. The Morgan fingerprint density at radius 1 is 1.12 bits per heavy atom. The highest BCUT2D eigenvalue weighted by atomic mass is 16.6. The standard InChI is InChI=1S/C14H13NO2/c1-11-7-8-13(14(9-11)15(16)17)10-12-5-3-2-4-6-12/h2-9H,10H2,1H3. The largest absolute Gasteiger partial charge is 0.273 e. The van der Waals surface area contributed by atoms with Gasteiger partial charge in [-0.05, 0) is 18.1 Å². The zero-order chi connectivity index (χ0) is 12.3. The van der Waals surface area contributed by atoms with Crippen LogP contribution in [0.25, 0.3) is 0 Å². The number of rotatable bonds is 3. The Balaban J connectivity index is 2.36. The van der Waals surface area contributed by atoms with Crippen molar-refractivity contribution in [3.63, 3.8) is 0 Å². The van der Waals surface area contributed by atoms with Crippen LogP contribution < -0.4 is 0 Å². The molecule has 0 aliphatic rings. The molecule has 0 heterocycles. The molecule has 0 atom stereocenters. The van der Waals surface area contributed by atoms with Crippen LogP contribution >= 0.6 is 0 Å². The van der Waals surface area contributed by atoms with Crippen molar-refractivity contribution in [2.45, 2.75) is 13.3 Å². The zero-order valence-electron chi connectivity index (χ0n) is 9.59. The van der Waals surface area contributed by atoms with E-state index in [1.54, 1.807) is 6.07 Å². The highest BCUT2D eigenvalue weighted by molar-refractivity contribution is 5.45. The molecule has 0 fully saturated rings. The summed E-state index contributed by atoms with van der Waals surface area (Å²) in [7, 11) is 0. The van der Waals surface area contributed by atoms with E-state index in [0.717, 1.165) is 16.7 Å². The SMILES string of the molecule is Cc1ccc(Cc2ccccc2)c([N+](=O)[O-])c1. The van der Waals surface area contributed by atoms with Gasteiger partial charge in [0.15, 0.2) is 0 Å². The van der Waals surface area contributed by atoms with Gasteiger partial charge in [-0.1, -0.05) is 42.5 Å². The molecule has 0 spiro atoms. The average Bonchev–Trinajstić information content (AvgIpc) is 2.32. The van der Waals surface area contributed by atoms with Crippen LogP contribution in [0.3, 0.4) is 0 Å². The fraction of sp³-hybridized carbons (Fsp3) is 0.143. The highest BCUT2D eigenvalue weighted by Crippen LogP contribution is 2.22. The quantitative estimate of drug-likeness (QED) is 0.595. The summed E-state index contributed by atoms with van der Waals surface area (Å²) in [6.07, 6.45) is 0.595. The van der Waals surface area contributed by atoms with E-state index in [1.807, 2.05) is 49.4 Å². The van der Waals surface area contributed by atoms with E-state index in [9.17, 15) is 10.1 Å². The first-order chi connectivity index (χ1) is 8.16. The monoisotopic (exact) mass is 227 g/mol. The van der Waals surface area contributed by atoms with Gasteiger partial charge < -0.3 is 0 Å². The van der Waals surface area contributed by atoms with Crippen LogP contribution in [-0.4, -0.2) is 4.92 Å². The van der Waals surface area contributed by atoms with Crippen molar-refractivity contribution in [1.82, 2.24) is 0 Å². The maximum atomic E-state index is 11.0. The molecule has 0 amide bonds. The second-order valence-electron chi connectivity index (χ2n) is 4.05. The van der Waals surface area contributed by atoms with Gasteiger partial charge in [-0.15, -0.1) is 0 Å². The van der Waals surface area contributed by atoms with Gasteiger partial charge >= 0.3 is 0 Å². The summed E-state index contributed by atoms with van der Waals surface area (Å²) < 4.78 is 0. The van der Waals surface area contributed by atoms with Gasteiger partial charge in [0.05, 0.1) is 4.92 Å². The Morgan fingerprint density at radius 3 is 2.47 bits per heavy atom. The van der Waals surface area contributed by atoms with Crippen molar-refractivity contribution < 1.29 is 4.92 Å². The third-order valence-corrected chi connectivity index (χ3v) is 2.67. The second-order valence-corrected chi connectivity index (χ2v) is 4.05. The second kappa shape index (κ2) is 4.78. The number of nitrogens with zero attached hydrogens (tertiary/aromatic N) is 1. The molecule has 0 aliphatic carbocycles. The third kappa shape index (κ3) is 2.69. The first-order valence-electron chi connectivity index (χ1n) is 5.44. The molecule has 17 heavy (non-hydrogen) atoms. The topological polar surface area (TPSA) is 43.1 Å². The fourth-order valence-electron chi connectivity index (χ4n) is 1.81. The van der Waals surface area contributed by atoms with Crippen molar-refractivity contribution in [3.05, 3.63) is 75.3 Å². The molecule has 0 saturated heterocycles. The summed E-state index contributed by atoms with van der Waals surface area (Å²) in [5.74, 6) is 0. The smallest absolute Gasteiger partial charge is 0.258 e. The molecule has 2 aromatic rings. The van der Waals surface area contributed by atoms with Gasteiger partial charge in [-0.2, -0.15) is 0 Å². The lowest BCUT2D eigenvalue weighted by molar-refractivity contribution is -0.385. The Morgan fingerprint density at radius 2 is 1.82 bits per heavy atom. The lowest BCUT2D eigenvalue weighted by atomic mass is 10.0. The fourth-order valence-corrected chi connectivity index (χ4v) is 1.81. The summed E-state index contributed by atoms with van der Waals surface area (Å²) in [5.41, 5.74) is 2.95. The molecule has 2 aromatic carbocycles. The number of nitro benzene ring substituents is 1. The molecule has 3 nitrogen and oxygen atoms in total. The predicted molar refractivity (Wildman–Crippen MR) is 67.1 cm³/mol. The Kier molecular flexibility index (Phi) is 3.19. The molecule has 0 radical (unpaired) electrons. The summed E-state index contributed by atoms with van der Waals surface area (Å²) in [5, 5.41) is 11.0. The van der Waals surface area contributed by atoms with Gasteiger partial charge in [0.25, 0.3) is 5.69 Å². The van der Waals surface area contributed by atoms with Crippen molar-refractivity contribution in [2.24, 2.45) is 0 Å². The number of hydrogen-bond donors (Lipinski definition) is 0. The summed E-state index contributed by atoms with van der Waals surface area (Å²) in [6, 6.07) is 15.1. The van der Waals surface area contributed by atoms with Crippen LogP contribution in [0.1, 0.15) is 16.7 Å².